The number of para-hydroxylation sites is 1. The minimum Gasteiger partial charge on any atom is -0.480 e. The first-order chi connectivity index (χ1) is 12.0. The highest BCUT2D eigenvalue weighted by Gasteiger charge is 2.29. The Kier molecular flexibility index (Phi) is 4.83. The molecule has 0 spiro atoms. The lowest BCUT2D eigenvalue weighted by Gasteiger charge is -2.12. The first-order valence-corrected chi connectivity index (χ1v) is 8.42. The third-order valence-electron chi connectivity index (χ3n) is 4.41. The zero-order chi connectivity index (χ0) is 18.0. The van der Waals surface area contributed by atoms with Gasteiger partial charge in [-0.05, 0) is 37.8 Å². The molecule has 0 aliphatic heterocycles. The zero-order valence-electron chi connectivity index (χ0n) is 14.0. The average Bonchev–Trinajstić information content (AvgIpc) is 3.17. The molecule has 1 heterocycles. The number of carbonyl (C=O) groups is 2. The number of nitrogens with zero attached hydrogens (tertiary/aromatic N) is 2. The molecule has 1 atom stereocenters. The number of carboxylic acid groups (broad SMARTS) is 1. The van der Waals surface area contributed by atoms with Gasteiger partial charge in [-0.3, -0.25) is 4.79 Å². The van der Waals surface area contributed by atoms with Crippen molar-refractivity contribution < 1.29 is 19.1 Å². The summed E-state index contributed by atoms with van der Waals surface area (Å²) in [7, 11) is 0. The Labute approximate surface area is 144 Å². The molecular formula is C18H20FN3O3. The summed E-state index contributed by atoms with van der Waals surface area (Å²) in [5.74, 6) is -2.00. The molecule has 2 N–H and O–H groups in total. The second-order valence-electron chi connectivity index (χ2n) is 6.14. The van der Waals surface area contributed by atoms with E-state index in [0.717, 1.165) is 17.7 Å². The predicted octanol–water partition coefficient (Wildman–Crippen LogP) is 2.48. The first-order valence-electron chi connectivity index (χ1n) is 8.42. The molecule has 6 nitrogen and oxygen atoms in total. The van der Waals surface area contributed by atoms with E-state index in [0.29, 0.717) is 31.4 Å². The van der Waals surface area contributed by atoms with Crippen LogP contribution in [0.25, 0.3) is 5.69 Å². The van der Waals surface area contributed by atoms with E-state index in [1.807, 2.05) is 6.92 Å². The van der Waals surface area contributed by atoms with Crippen molar-refractivity contribution in [2.75, 3.05) is 0 Å². The molecule has 0 radical (unpaired) electrons. The van der Waals surface area contributed by atoms with Crippen molar-refractivity contribution in [1.82, 2.24) is 15.1 Å². The molecule has 0 saturated carbocycles. The number of carboxylic acids is 1. The van der Waals surface area contributed by atoms with Crippen LogP contribution >= 0.6 is 0 Å². The smallest absolute Gasteiger partial charge is 0.326 e. The van der Waals surface area contributed by atoms with Crippen molar-refractivity contribution in [3.05, 3.63) is 47.0 Å². The normalized spacial score (nSPS) is 14.2. The van der Waals surface area contributed by atoms with Gasteiger partial charge in [0.15, 0.2) is 5.69 Å². The van der Waals surface area contributed by atoms with Gasteiger partial charge in [-0.25, -0.2) is 13.9 Å². The van der Waals surface area contributed by atoms with E-state index in [1.165, 1.54) is 10.7 Å². The maximum absolute atomic E-state index is 14.1. The summed E-state index contributed by atoms with van der Waals surface area (Å²) in [6.45, 7) is 1.85. The summed E-state index contributed by atoms with van der Waals surface area (Å²) in [6, 6.07) is 5.31. The number of benzene rings is 1. The molecule has 1 aromatic heterocycles. The quantitative estimate of drug-likeness (QED) is 0.842. The van der Waals surface area contributed by atoms with Gasteiger partial charge in [0, 0.05) is 11.3 Å². The van der Waals surface area contributed by atoms with Crippen molar-refractivity contribution in [3.8, 4) is 5.69 Å². The summed E-state index contributed by atoms with van der Waals surface area (Å²) < 4.78 is 15.6. The summed E-state index contributed by atoms with van der Waals surface area (Å²) >= 11 is 0. The van der Waals surface area contributed by atoms with Crippen molar-refractivity contribution >= 4 is 11.9 Å². The van der Waals surface area contributed by atoms with Crippen molar-refractivity contribution in [1.29, 1.82) is 0 Å². The SMILES string of the molecule is CCCC(NC(=O)c1nn(-c2ccccc2F)c2c1CCC2)C(=O)O. The van der Waals surface area contributed by atoms with Crippen molar-refractivity contribution in [2.45, 2.75) is 45.1 Å². The molecule has 1 unspecified atom stereocenters. The van der Waals surface area contributed by atoms with Crippen molar-refractivity contribution in [2.24, 2.45) is 0 Å². The van der Waals surface area contributed by atoms with Gasteiger partial charge in [-0.15, -0.1) is 0 Å². The Morgan fingerprint density at radius 2 is 2.12 bits per heavy atom. The van der Waals surface area contributed by atoms with Crippen LogP contribution in [-0.2, 0) is 17.6 Å². The Morgan fingerprint density at radius 3 is 2.80 bits per heavy atom. The Bertz CT molecular complexity index is 816. The second kappa shape index (κ2) is 7.04. The number of hydrogen-bond acceptors (Lipinski definition) is 3. The van der Waals surface area contributed by atoms with Crippen LogP contribution in [0.1, 0.15) is 47.9 Å². The Balaban J connectivity index is 1.96. The third-order valence-corrected chi connectivity index (χ3v) is 4.41. The molecule has 0 bridgehead atoms. The lowest BCUT2D eigenvalue weighted by atomic mass is 10.1. The number of hydrogen-bond donors (Lipinski definition) is 2. The van der Waals surface area contributed by atoms with Crippen LogP contribution in [0.15, 0.2) is 24.3 Å². The van der Waals surface area contributed by atoms with Gasteiger partial charge in [0.2, 0.25) is 0 Å². The number of halogens is 1. The fourth-order valence-corrected chi connectivity index (χ4v) is 3.22. The molecule has 7 heteroatoms. The lowest BCUT2D eigenvalue weighted by Crippen LogP contribution is -2.41. The minimum absolute atomic E-state index is 0.193. The van der Waals surface area contributed by atoms with Crippen LogP contribution in [-0.4, -0.2) is 32.8 Å². The topological polar surface area (TPSA) is 84.2 Å². The van der Waals surface area contributed by atoms with Gasteiger partial charge in [-0.1, -0.05) is 25.5 Å². The van der Waals surface area contributed by atoms with E-state index in [4.69, 9.17) is 0 Å². The summed E-state index contributed by atoms with van der Waals surface area (Å²) in [6.07, 6.45) is 3.23. The highest BCUT2D eigenvalue weighted by Crippen LogP contribution is 2.28. The molecule has 1 aromatic carbocycles. The number of fused-ring (bicyclic) bond motifs is 1. The van der Waals surface area contributed by atoms with Gasteiger partial charge < -0.3 is 10.4 Å². The van der Waals surface area contributed by atoms with Crippen LogP contribution in [0.4, 0.5) is 4.39 Å². The van der Waals surface area contributed by atoms with E-state index >= 15 is 0 Å². The van der Waals surface area contributed by atoms with E-state index in [-0.39, 0.29) is 5.69 Å². The fraction of sp³-hybridized carbons (Fsp3) is 0.389. The summed E-state index contributed by atoms with van der Waals surface area (Å²) in [4.78, 5) is 23.9. The van der Waals surface area contributed by atoms with Gasteiger partial charge in [-0.2, -0.15) is 5.10 Å². The molecule has 132 valence electrons. The first kappa shape index (κ1) is 17.1. The van der Waals surface area contributed by atoms with Crippen LogP contribution < -0.4 is 5.32 Å². The Hall–Kier alpha value is -2.70. The van der Waals surface area contributed by atoms with Gasteiger partial charge in [0.1, 0.15) is 17.5 Å². The van der Waals surface area contributed by atoms with E-state index in [1.54, 1.807) is 18.2 Å². The highest BCUT2D eigenvalue weighted by molar-refractivity contribution is 5.96. The molecule has 0 saturated heterocycles. The number of amides is 1. The monoisotopic (exact) mass is 345 g/mol. The third kappa shape index (κ3) is 3.26. The maximum atomic E-state index is 14.1. The number of nitrogens with one attached hydrogen (secondary N) is 1. The maximum Gasteiger partial charge on any atom is 0.326 e. The van der Waals surface area contributed by atoms with E-state index in [2.05, 4.69) is 10.4 Å². The second-order valence-corrected chi connectivity index (χ2v) is 6.14. The van der Waals surface area contributed by atoms with Crippen molar-refractivity contribution in [3.63, 3.8) is 0 Å². The molecule has 0 fully saturated rings. The number of rotatable bonds is 6. The minimum atomic E-state index is -1.07. The largest absolute Gasteiger partial charge is 0.480 e. The van der Waals surface area contributed by atoms with Crippen LogP contribution in [0.2, 0.25) is 0 Å². The van der Waals surface area contributed by atoms with Gasteiger partial charge in [0.25, 0.3) is 5.91 Å². The average molecular weight is 345 g/mol. The molecule has 1 aliphatic rings. The molecule has 1 aliphatic carbocycles. The summed E-state index contributed by atoms with van der Waals surface area (Å²) in [5.41, 5.74) is 2.08. The van der Waals surface area contributed by atoms with Gasteiger partial charge in [0.05, 0.1) is 0 Å². The zero-order valence-corrected chi connectivity index (χ0v) is 14.0. The Morgan fingerprint density at radius 1 is 1.36 bits per heavy atom. The van der Waals surface area contributed by atoms with Gasteiger partial charge >= 0.3 is 5.97 Å². The number of aliphatic carboxylic acids is 1. The molecule has 1 amide bonds. The highest BCUT2D eigenvalue weighted by atomic mass is 19.1. The predicted molar refractivity (Wildman–Crippen MR) is 89.3 cm³/mol. The van der Waals surface area contributed by atoms with Crippen LogP contribution in [0.5, 0.6) is 0 Å². The van der Waals surface area contributed by atoms with Crippen LogP contribution in [0.3, 0.4) is 0 Å². The number of aromatic nitrogens is 2. The molecular weight excluding hydrogens is 325 g/mol. The van der Waals surface area contributed by atoms with E-state index < -0.39 is 23.7 Å². The standard InChI is InChI=1S/C18H20FN3O3/c1-2-6-13(18(24)25)20-17(23)16-11-7-5-10-14(11)22(21-16)15-9-4-3-8-12(15)19/h3-4,8-9,13H,2,5-7,10H2,1H3,(H,20,23)(H,24,25). The van der Waals surface area contributed by atoms with E-state index in [9.17, 15) is 19.1 Å². The van der Waals surface area contributed by atoms with Crippen LogP contribution in [0, 0.1) is 5.82 Å². The molecule has 2 aromatic rings. The fourth-order valence-electron chi connectivity index (χ4n) is 3.22. The molecule has 3 rings (SSSR count). The lowest BCUT2D eigenvalue weighted by molar-refractivity contribution is -0.139. The molecule has 25 heavy (non-hydrogen) atoms. The number of carbonyl (C=O) groups excluding carboxylic acids is 1. The summed E-state index contributed by atoms with van der Waals surface area (Å²) in [5, 5.41) is 16.1.